The van der Waals surface area contributed by atoms with Crippen molar-refractivity contribution < 1.29 is 12.8 Å². The molecule has 0 aromatic heterocycles. The Labute approximate surface area is 112 Å². The summed E-state index contributed by atoms with van der Waals surface area (Å²) in [6.07, 6.45) is 0.876. The van der Waals surface area contributed by atoms with Crippen LogP contribution in [0.3, 0.4) is 0 Å². The van der Waals surface area contributed by atoms with Crippen LogP contribution in [-0.4, -0.2) is 19.3 Å². The Kier molecular flexibility index (Phi) is 3.97. The zero-order valence-electron chi connectivity index (χ0n) is 9.98. The Bertz CT molecular complexity index is 497. The molecule has 1 atom stereocenters. The molecular weight excluding hydrogens is 275 g/mol. The van der Waals surface area contributed by atoms with E-state index in [2.05, 4.69) is 0 Å². The summed E-state index contributed by atoms with van der Waals surface area (Å²) in [6.45, 7) is 0. The van der Waals surface area contributed by atoms with E-state index < -0.39 is 20.0 Å². The van der Waals surface area contributed by atoms with E-state index in [4.69, 9.17) is 10.7 Å². The minimum Gasteiger partial charge on any atom is -0.247 e. The van der Waals surface area contributed by atoms with Crippen LogP contribution in [0.1, 0.15) is 31.2 Å². The molecule has 0 unspecified atom stereocenters. The maximum absolute atomic E-state index is 13.8. The summed E-state index contributed by atoms with van der Waals surface area (Å²) >= 11 is 0. The number of hydrogen-bond acceptors (Lipinski definition) is 2. The van der Waals surface area contributed by atoms with Gasteiger partial charge in [0.15, 0.2) is 0 Å². The lowest BCUT2D eigenvalue weighted by Gasteiger charge is -2.14. The van der Waals surface area contributed by atoms with Gasteiger partial charge in [0.1, 0.15) is 6.17 Å². The molecule has 0 saturated heterocycles. The molecule has 0 spiro atoms. The summed E-state index contributed by atoms with van der Waals surface area (Å²) in [4.78, 5) is 0. The van der Waals surface area contributed by atoms with Crippen LogP contribution in [0.15, 0.2) is 30.3 Å². The van der Waals surface area contributed by atoms with E-state index in [1.54, 1.807) is 0 Å². The first kappa shape index (κ1) is 13.8. The van der Waals surface area contributed by atoms with Crippen LogP contribution in [-0.2, 0) is 15.5 Å². The highest BCUT2D eigenvalue weighted by Gasteiger charge is 2.54. The highest BCUT2D eigenvalue weighted by Crippen LogP contribution is 2.49. The van der Waals surface area contributed by atoms with E-state index in [9.17, 15) is 12.8 Å². The molecule has 0 aliphatic heterocycles. The number of hydrogen-bond donors (Lipinski definition) is 0. The van der Waals surface area contributed by atoms with Crippen LogP contribution < -0.4 is 0 Å². The fraction of sp³-hybridized carbons (Fsp3) is 0.538. The van der Waals surface area contributed by atoms with Crippen molar-refractivity contribution in [3.63, 3.8) is 0 Å². The van der Waals surface area contributed by atoms with Gasteiger partial charge in [0.05, 0.1) is 4.75 Å². The maximum atomic E-state index is 13.8. The molecule has 1 fully saturated rings. The van der Waals surface area contributed by atoms with Crippen molar-refractivity contribution in [2.24, 2.45) is 0 Å². The monoisotopic (exact) mass is 290 g/mol. The minimum atomic E-state index is -3.64. The van der Waals surface area contributed by atoms with Crippen LogP contribution in [0.5, 0.6) is 0 Å². The van der Waals surface area contributed by atoms with E-state index in [1.807, 2.05) is 30.3 Å². The molecule has 5 heteroatoms. The molecule has 0 radical (unpaired) electrons. The van der Waals surface area contributed by atoms with Crippen molar-refractivity contribution in [2.75, 3.05) is 0 Å². The van der Waals surface area contributed by atoms with Crippen LogP contribution in [0.25, 0.3) is 0 Å². The first-order valence-electron chi connectivity index (χ1n) is 6.05. The fourth-order valence-corrected chi connectivity index (χ4v) is 3.78. The summed E-state index contributed by atoms with van der Waals surface area (Å²) in [5.41, 5.74) is 1.07. The SMILES string of the molecule is O=S(=O)(Cl)C1(C[C@H](F)CCc2ccccc2)CC1. The van der Waals surface area contributed by atoms with Gasteiger partial charge in [0, 0.05) is 10.7 Å². The van der Waals surface area contributed by atoms with Gasteiger partial charge in [-0.25, -0.2) is 12.8 Å². The van der Waals surface area contributed by atoms with Gasteiger partial charge < -0.3 is 0 Å². The molecule has 0 N–H and O–H groups in total. The number of rotatable bonds is 6. The molecule has 2 rings (SSSR count). The molecule has 1 aliphatic rings. The first-order valence-corrected chi connectivity index (χ1v) is 8.36. The molecular formula is C13H16ClFO2S. The summed E-state index contributed by atoms with van der Waals surface area (Å²) in [6, 6.07) is 9.62. The zero-order valence-corrected chi connectivity index (χ0v) is 11.6. The normalized spacial score (nSPS) is 19.4. The van der Waals surface area contributed by atoms with Crippen molar-refractivity contribution in [1.82, 2.24) is 0 Å². The highest BCUT2D eigenvalue weighted by molar-refractivity contribution is 8.15. The van der Waals surface area contributed by atoms with E-state index in [-0.39, 0.29) is 6.42 Å². The fourth-order valence-electron chi connectivity index (χ4n) is 2.16. The van der Waals surface area contributed by atoms with Gasteiger partial charge in [-0.15, -0.1) is 0 Å². The number of halogens is 2. The first-order chi connectivity index (χ1) is 8.43. The number of aryl methyl sites for hydroxylation is 1. The molecule has 2 nitrogen and oxygen atoms in total. The lowest BCUT2D eigenvalue weighted by molar-refractivity contribution is 0.288. The Morgan fingerprint density at radius 2 is 1.89 bits per heavy atom. The van der Waals surface area contributed by atoms with Crippen LogP contribution in [0.2, 0.25) is 0 Å². The predicted molar refractivity (Wildman–Crippen MR) is 71.0 cm³/mol. The Morgan fingerprint density at radius 1 is 1.28 bits per heavy atom. The molecule has 0 amide bonds. The lowest BCUT2D eigenvalue weighted by atomic mass is 10.0. The molecule has 1 aromatic rings. The molecule has 1 saturated carbocycles. The van der Waals surface area contributed by atoms with Gasteiger partial charge in [-0.2, -0.15) is 0 Å². The van der Waals surface area contributed by atoms with Crippen LogP contribution in [0.4, 0.5) is 4.39 Å². The van der Waals surface area contributed by atoms with Crippen molar-refractivity contribution in [2.45, 2.75) is 43.0 Å². The van der Waals surface area contributed by atoms with Crippen molar-refractivity contribution in [1.29, 1.82) is 0 Å². The standard InChI is InChI=1S/C13H16ClFO2S/c14-18(16,17)13(8-9-13)10-12(15)7-6-11-4-2-1-3-5-11/h1-5,12H,6-10H2/t12-/m1/s1. The Morgan fingerprint density at radius 3 is 2.39 bits per heavy atom. The van der Waals surface area contributed by atoms with Gasteiger partial charge in [-0.05, 0) is 37.7 Å². The van der Waals surface area contributed by atoms with Crippen LogP contribution >= 0.6 is 10.7 Å². The molecule has 1 aromatic carbocycles. The topological polar surface area (TPSA) is 34.1 Å². The average Bonchev–Trinajstić information content (AvgIpc) is 3.08. The second-order valence-electron chi connectivity index (χ2n) is 4.95. The van der Waals surface area contributed by atoms with E-state index in [0.717, 1.165) is 5.56 Å². The summed E-state index contributed by atoms with van der Waals surface area (Å²) < 4.78 is 35.5. The predicted octanol–water partition coefficient (Wildman–Crippen LogP) is 3.45. The molecule has 18 heavy (non-hydrogen) atoms. The smallest absolute Gasteiger partial charge is 0.238 e. The highest BCUT2D eigenvalue weighted by atomic mass is 35.7. The quantitative estimate of drug-likeness (QED) is 0.752. The van der Waals surface area contributed by atoms with Crippen molar-refractivity contribution >= 4 is 19.7 Å². The maximum Gasteiger partial charge on any atom is 0.238 e. The minimum absolute atomic E-state index is 0.0334. The van der Waals surface area contributed by atoms with E-state index in [1.165, 1.54) is 0 Å². The van der Waals surface area contributed by atoms with Gasteiger partial charge in [-0.1, -0.05) is 30.3 Å². The Hall–Kier alpha value is -0.610. The largest absolute Gasteiger partial charge is 0.247 e. The van der Waals surface area contributed by atoms with Gasteiger partial charge in [0.2, 0.25) is 9.05 Å². The summed E-state index contributed by atoms with van der Waals surface area (Å²) in [7, 11) is 1.72. The van der Waals surface area contributed by atoms with Crippen molar-refractivity contribution in [3.8, 4) is 0 Å². The second-order valence-corrected chi connectivity index (χ2v) is 7.91. The molecule has 0 bridgehead atoms. The van der Waals surface area contributed by atoms with E-state index >= 15 is 0 Å². The summed E-state index contributed by atoms with van der Waals surface area (Å²) in [5.74, 6) is 0. The molecule has 0 heterocycles. The second kappa shape index (κ2) is 5.17. The number of alkyl halides is 1. The Balaban J connectivity index is 1.85. The lowest BCUT2D eigenvalue weighted by Crippen LogP contribution is -2.23. The van der Waals surface area contributed by atoms with E-state index in [0.29, 0.717) is 25.7 Å². The summed E-state index contributed by atoms with van der Waals surface area (Å²) in [5, 5.41) is 0. The molecule has 100 valence electrons. The van der Waals surface area contributed by atoms with Crippen LogP contribution in [0, 0.1) is 0 Å². The van der Waals surface area contributed by atoms with Gasteiger partial charge >= 0.3 is 0 Å². The number of benzene rings is 1. The third kappa shape index (κ3) is 3.23. The van der Waals surface area contributed by atoms with Gasteiger partial charge in [0.25, 0.3) is 0 Å². The zero-order chi connectivity index (χ0) is 13.2. The van der Waals surface area contributed by atoms with Gasteiger partial charge in [-0.3, -0.25) is 0 Å². The van der Waals surface area contributed by atoms with Crippen molar-refractivity contribution in [3.05, 3.63) is 35.9 Å². The molecule has 1 aliphatic carbocycles. The third-order valence-electron chi connectivity index (χ3n) is 3.51. The average molecular weight is 291 g/mol. The third-order valence-corrected chi connectivity index (χ3v) is 6.10.